The summed E-state index contributed by atoms with van der Waals surface area (Å²) >= 11 is 3.44. The molecule has 1 aromatic carbocycles. The molecule has 0 saturated carbocycles. The number of nitriles is 1. The molecule has 0 spiro atoms. The van der Waals surface area contributed by atoms with E-state index in [1.54, 1.807) is 0 Å². The molecule has 1 unspecified atom stereocenters. The number of rotatable bonds is 4. The lowest BCUT2D eigenvalue weighted by Gasteiger charge is -2.12. The lowest BCUT2D eigenvalue weighted by Crippen LogP contribution is -2.20. The molecule has 0 fully saturated rings. The average Bonchev–Trinajstić information content (AvgIpc) is 2.21. The molecule has 3 heteroatoms. The van der Waals surface area contributed by atoms with Gasteiger partial charge in [-0.3, -0.25) is 5.32 Å². The highest BCUT2D eigenvalue weighted by Gasteiger charge is 2.11. The van der Waals surface area contributed by atoms with Crippen LogP contribution in [0.4, 0.5) is 0 Å². The molecule has 0 aliphatic heterocycles. The molecule has 14 heavy (non-hydrogen) atoms. The number of nitrogens with zero attached hydrogens (tertiary/aromatic N) is 1. The fourth-order valence-corrected chi connectivity index (χ4v) is 1.74. The highest BCUT2D eigenvalue weighted by Crippen LogP contribution is 2.22. The van der Waals surface area contributed by atoms with E-state index in [1.165, 1.54) is 0 Å². The Hall–Kier alpha value is -0.850. The second kappa shape index (κ2) is 5.79. The molecule has 1 rings (SSSR count). The molecule has 0 heterocycles. The number of benzene rings is 1. The minimum Gasteiger partial charge on any atom is -0.298 e. The van der Waals surface area contributed by atoms with Gasteiger partial charge in [-0.1, -0.05) is 41.1 Å². The highest BCUT2D eigenvalue weighted by molar-refractivity contribution is 9.10. The van der Waals surface area contributed by atoms with E-state index < -0.39 is 0 Å². The molecule has 0 aliphatic rings. The third-order valence-corrected chi connectivity index (χ3v) is 2.67. The molecule has 0 radical (unpaired) electrons. The monoisotopic (exact) mass is 252 g/mol. The molecule has 0 aromatic heterocycles. The van der Waals surface area contributed by atoms with Gasteiger partial charge in [-0.15, -0.1) is 0 Å². The first kappa shape index (κ1) is 11.2. The van der Waals surface area contributed by atoms with E-state index in [0.717, 1.165) is 23.0 Å². The van der Waals surface area contributed by atoms with E-state index in [9.17, 15) is 0 Å². The van der Waals surface area contributed by atoms with Gasteiger partial charge in [0.05, 0.1) is 6.07 Å². The van der Waals surface area contributed by atoms with Crippen molar-refractivity contribution >= 4 is 15.9 Å². The molecule has 74 valence electrons. The molecule has 0 saturated heterocycles. The second-order valence-electron chi connectivity index (χ2n) is 3.04. The molecule has 0 aliphatic carbocycles. The first-order valence-corrected chi connectivity index (χ1v) is 5.46. The molecule has 2 nitrogen and oxygen atoms in total. The van der Waals surface area contributed by atoms with Crippen molar-refractivity contribution in [3.63, 3.8) is 0 Å². The topological polar surface area (TPSA) is 35.8 Å². The first-order chi connectivity index (χ1) is 6.79. The van der Waals surface area contributed by atoms with Gasteiger partial charge in [0, 0.05) is 4.47 Å². The molecule has 1 aromatic rings. The van der Waals surface area contributed by atoms with Gasteiger partial charge in [-0.25, -0.2) is 0 Å². The van der Waals surface area contributed by atoms with Crippen LogP contribution in [-0.4, -0.2) is 6.54 Å². The molecule has 1 N–H and O–H groups in total. The van der Waals surface area contributed by atoms with Crippen LogP contribution in [-0.2, 0) is 0 Å². The van der Waals surface area contributed by atoms with Gasteiger partial charge in [0.1, 0.15) is 6.04 Å². The van der Waals surface area contributed by atoms with E-state index in [1.807, 2.05) is 24.3 Å². The Kier molecular flexibility index (Phi) is 4.64. The van der Waals surface area contributed by atoms with Crippen molar-refractivity contribution in [3.8, 4) is 6.07 Å². The minimum absolute atomic E-state index is 0.217. The zero-order valence-electron chi connectivity index (χ0n) is 8.13. The Morgan fingerprint density at radius 1 is 1.50 bits per heavy atom. The lowest BCUT2D eigenvalue weighted by molar-refractivity contribution is 0.619. The van der Waals surface area contributed by atoms with Crippen LogP contribution in [0.25, 0.3) is 0 Å². The third kappa shape index (κ3) is 2.83. The van der Waals surface area contributed by atoms with Crippen molar-refractivity contribution in [2.45, 2.75) is 19.4 Å². The van der Waals surface area contributed by atoms with Crippen molar-refractivity contribution < 1.29 is 0 Å². The van der Waals surface area contributed by atoms with Crippen LogP contribution in [0.2, 0.25) is 0 Å². The Morgan fingerprint density at radius 2 is 2.21 bits per heavy atom. The normalized spacial score (nSPS) is 12.1. The summed E-state index contributed by atoms with van der Waals surface area (Å²) in [6, 6.07) is 9.84. The van der Waals surface area contributed by atoms with E-state index in [2.05, 4.69) is 34.2 Å². The smallest absolute Gasteiger partial charge is 0.122 e. The first-order valence-electron chi connectivity index (χ1n) is 4.67. The predicted octanol–water partition coefficient (Wildman–Crippen LogP) is 3.01. The molecular formula is C11H13BrN2. The van der Waals surface area contributed by atoms with Gasteiger partial charge in [-0.05, 0) is 24.6 Å². The zero-order valence-corrected chi connectivity index (χ0v) is 9.71. The van der Waals surface area contributed by atoms with Crippen molar-refractivity contribution in [1.29, 1.82) is 5.26 Å². The maximum Gasteiger partial charge on any atom is 0.122 e. The maximum atomic E-state index is 9.00. The summed E-state index contributed by atoms with van der Waals surface area (Å²) < 4.78 is 0.982. The summed E-state index contributed by atoms with van der Waals surface area (Å²) in [5.74, 6) is 0. The van der Waals surface area contributed by atoms with E-state index >= 15 is 0 Å². The summed E-state index contributed by atoms with van der Waals surface area (Å²) in [4.78, 5) is 0. The number of hydrogen-bond donors (Lipinski definition) is 1. The summed E-state index contributed by atoms with van der Waals surface area (Å²) in [5.41, 5.74) is 1.00. The van der Waals surface area contributed by atoms with Crippen molar-refractivity contribution in [2.75, 3.05) is 6.54 Å². The largest absolute Gasteiger partial charge is 0.298 e. The van der Waals surface area contributed by atoms with Crippen LogP contribution in [0.3, 0.4) is 0 Å². The SMILES string of the molecule is CCCNC(C#N)c1ccccc1Br. The van der Waals surface area contributed by atoms with Gasteiger partial charge >= 0.3 is 0 Å². The van der Waals surface area contributed by atoms with Gasteiger partial charge in [0.25, 0.3) is 0 Å². The number of halogens is 1. The average molecular weight is 253 g/mol. The van der Waals surface area contributed by atoms with Gasteiger partial charge < -0.3 is 0 Å². The van der Waals surface area contributed by atoms with Crippen LogP contribution in [0.1, 0.15) is 24.9 Å². The molecular weight excluding hydrogens is 240 g/mol. The lowest BCUT2D eigenvalue weighted by atomic mass is 10.1. The summed E-state index contributed by atoms with van der Waals surface area (Å²) in [6.45, 7) is 2.95. The Morgan fingerprint density at radius 3 is 2.79 bits per heavy atom. The van der Waals surface area contributed by atoms with E-state index in [4.69, 9.17) is 5.26 Å². The molecule has 0 bridgehead atoms. The summed E-state index contributed by atoms with van der Waals surface area (Å²) in [5, 5.41) is 12.2. The Labute approximate surface area is 93.1 Å². The van der Waals surface area contributed by atoms with Crippen molar-refractivity contribution in [1.82, 2.24) is 5.32 Å². The third-order valence-electron chi connectivity index (χ3n) is 1.94. The van der Waals surface area contributed by atoms with Crippen LogP contribution in [0, 0.1) is 11.3 Å². The van der Waals surface area contributed by atoms with Crippen molar-refractivity contribution in [3.05, 3.63) is 34.3 Å². The maximum absolute atomic E-state index is 9.00. The van der Waals surface area contributed by atoms with Crippen molar-refractivity contribution in [2.24, 2.45) is 0 Å². The number of nitrogens with one attached hydrogen (secondary N) is 1. The highest BCUT2D eigenvalue weighted by atomic mass is 79.9. The van der Waals surface area contributed by atoms with Crippen LogP contribution >= 0.6 is 15.9 Å². The van der Waals surface area contributed by atoms with Crippen LogP contribution < -0.4 is 5.32 Å². The Balaban J connectivity index is 2.80. The number of hydrogen-bond acceptors (Lipinski definition) is 2. The standard InChI is InChI=1S/C11H13BrN2/c1-2-7-14-11(8-13)9-5-3-4-6-10(9)12/h3-6,11,14H,2,7H2,1H3. The minimum atomic E-state index is -0.217. The predicted molar refractivity (Wildman–Crippen MR) is 60.8 cm³/mol. The van der Waals surface area contributed by atoms with Crippen LogP contribution in [0.5, 0.6) is 0 Å². The Bertz CT molecular complexity index is 330. The van der Waals surface area contributed by atoms with Gasteiger partial charge in [0.15, 0.2) is 0 Å². The van der Waals surface area contributed by atoms with Gasteiger partial charge in [-0.2, -0.15) is 5.26 Å². The van der Waals surface area contributed by atoms with Crippen LogP contribution in [0.15, 0.2) is 28.7 Å². The van der Waals surface area contributed by atoms with Gasteiger partial charge in [0.2, 0.25) is 0 Å². The zero-order chi connectivity index (χ0) is 10.4. The molecule has 0 amide bonds. The molecule has 1 atom stereocenters. The van der Waals surface area contributed by atoms with E-state index in [0.29, 0.717) is 0 Å². The quantitative estimate of drug-likeness (QED) is 0.895. The second-order valence-corrected chi connectivity index (χ2v) is 3.89. The van der Waals surface area contributed by atoms with E-state index in [-0.39, 0.29) is 6.04 Å². The summed E-state index contributed by atoms with van der Waals surface area (Å²) in [6.07, 6.45) is 1.03. The fraction of sp³-hybridized carbons (Fsp3) is 0.364. The fourth-order valence-electron chi connectivity index (χ4n) is 1.22. The summed E-state index contributed by atoms with van der Waals surface area (Å²) in [7, 11) is 0.